The van der Waals surface area contributed by atoms with Crippen molar-refractivity contribution in [2.24, 2.45) is 5.73 Å². The molecule has 0 saturated carbocycles. The Hall–Kier alpha value is -1.26. The van der Waals surface area contributed by atoms with Gasteiger partial charge in [0.1, 0.15) is 5.60 Å². The van der Waals surface area contributed by atoms with Crippen LogP contribution in [0.5, 0.6) is 0 Å². The van der Waals surface area contributed by atoms with Crippen LogP contribution in [0.1, 0.15) is 97.8 Å². The van der Waals surface area contributed by atoms with Gasteiger partial charge in [0.15, 0.2) is 0 Å². The lowest BCUT2D eigenvalue weighted by atomic mass is 10.0. The third-order valence-electron chi connectivity index (χ3n) is 5.40. The predicted octanol–water partition coefficient (Wildman–Crippen LogP) is 4.15. The monoisotopic (exact) mass is 532 g/mol. The van der Waals surface area contributed by atoms with Gasteiger partial charge in [-0.2, -0.15) is 0 Å². The Morgan fingerprint density at radius 1 is 0.595 bits per heavy atom. The summed E-state index contributed by atoms with van der Waals surface area (Å²) in [5.74, 6) is 0.00825. The molecular formula is C28H56N2O7. The van der Waals surface area contributed by atoms with Crippen molar-refractivity contribution in [3.63, 3.8) is 0 Å². The topological polar surface area (TPSA) is 118 Å². The van der Waals surface area contributed by atoms with Crippen LogP contribution in [0, 0.1) is 0 Å². The molecule has 0 spiro atoms. The van der Waals surface area contributed by atoms with Crippen LogP contribution in [-0.4, -0.2) is 83.4 Å². The smallest absolute Gasteiger partial charge is 0.306 e. The summed E-state index contributed by atoms with van der Waals surface area (Å²) in [6.07, 6.45) is 12.5. The molecule has 0 aromatic heterocycles. The van der Waals surface area contributed by atoms with Gasteiger partial charge in [-0.15, -0.1) is 0 Å². The summed E-state index contributed by atoms with van der Waals surface area (Å²) in [6, 6.07) is 0. The van der Waals surface area contributed by atoms with Crippen LogP contribution in [-0.2, 0) is 33.3 Å². The van der Waals surface area contributed by atoms with E-state index in [1.54, 1.807) is 0 Å². The van der Waals surface area contributed by atoms with Gasteiger partial charge in [0, 0.05) is 25.9 Å². The molecule has 0 aliphatic carbocycles. The first-order valence-corrected chi connectivity index (χ1v) is 14.3. The number of nitrogens with two attached hydrogens (primary N) is 1. The minimum Gasteiger partial charge on any atom is -0.460 e. The number of carbonyl (C=O) groups excluding carboxylic acids is 2. The van der Waals surface area contributed by atoms with Crippen molar-refractivity contribution >= 4 is 11.9 Å². The second-order valence-corrected chi connectivity index (χ2v) is 10.2. The van der Waals surface area contributed by atoms with E-state index in [2.05, 4.69) is 5.32 Å². The molecule has 1 amide bonds. The second kappa shape index (κ2) is 26.4. The average molecular weight is 533 g/mol. The summed E-state index contributed by atoms with van der Waals surface area (Å²) >= 11 is 0. The number of hydrogen-bond acceptors (Lipinski definition) is 8. The molecule has 0 rings (SSSR count). The molecule has 0 aliphatic rings. The Morgan fingerprint density at radius 2 is 1.00 bits per heavy atom. The van der Waals surface area contributed by atoms with Crippen molar-refractivity contribution in [1.82, 2.24) is 5.32 Å². The molecule has 0 aromatic rings. The van der Waals surface area contributed by atoms with Gasteiger partial charge < -0.3 is 34.7 Å². The van der Waals surface area contributed by atoms with Crippen LogP contribution in [0.2, 0.25) is 0 Å². The van der Waals surface area contributed by atoms with E-state index in [4.69, 9.17) is 29.4 Å². The number of rotatable bonds is 27. The van der Waals surface area contributed by atoms with Gasteiger partial charge in [-0.3, -0.25) is 9.59 Å². The lowest BCUT2D eigenvalue weighted by Gasteiger charge is -2.19. The maximum absolute atomic E-state index is 11.9. The Bertz CT molecular complexity index is 527. The Labute approximate surface area is 225 Å². The summed E-state index contributed by atoms with van der Waals surface area (Å²) < 4.78 is 26.8. The van der Waals surface area contributed by atoms with Crippen molar-refractivity contribution in [2.45, 2.75) is 103 Å². The number of unbranched alkanes of at least 4 members (excludes halogenated alkanes) is 9. The number of esters is 1. The molecule has 0 saturated heterocycles. The fourth-order valence-electron chi connectivity index (χ4n) is 3.56. The van der Waals surface area contributed by atoms with E-state index < -0.39 is 0 Å². The van der Waals surface area contributed by atoms with E-state index in [1.165, 1.54) is 38.5 Å². The zero-order chi connectivity index (χ0) is 27.5. The number of carbonyl (C=O) groups is 2. The van der Waals surface area contributed by atoms with Crippen LogP contribution in [0.15, 0.2) is 0 Å². The van der Waals surface area contributed by atoms with Crippen molar-refractivity contribution < 1.29 is 33.3 Å². The molecule has 0 atom stereocenters. The first kappa shape index (κ1) is 35.7. The summed E-state index contributed by atoms with van der Waals surface area (Å²) in [7, 11) is 0. The normalized spacial score (nSPS) is 11.6. The predicted molar refractivity (Wildman–Crippen MR) is 147 cm³/mol. The highest BCUT2D eigenvalue weighted by Crippen LogP contribution is 2.14. The van der Waals surface area contributed by atoms with Crippen molar-refractivity contribution in [2.75, 3.05) is 65.9 Å². The maximum atomic E-state index is 11.9. The summed E-state index contributed by atoms with van der Waals surface area (Å²) in [4.78, 5) is 23.5. The zero-order valence-corrected chi connectivity index (χ0v) is 24.0. The van der Waals surface area contributed by atoms with E-state index in [1.807, 2.05) is 20.8 Å². The van der Waals surface area contributed by atoms with Crippen LogP contribution >= 0.6 is 0 Å². The molecule has 9 heteroatoms. The largest absolute Gasteiger partial charge is 0.460 e. The van der Waals surface area contributed by atoms with Crippen molar-refractivity contribution in [1.29, 1.82) is 0 Å². The fraction of sp³-hybridized carbons (Fsp3) is 0.929. The summed E-state index contributed by atoms with van der Waals surface area (Å²) in [5, 5.41) is 2.90. The highest BCUT2D eigenvalue weighted by atomic mass is 16.6. The Kier molecular flexibility index (Phi) is 25.5. The SMILES string of the molecule is CC(C)(C)OC(=O)CCCCCCCCCCCCC(=O)NCCOCCOCCOCCOCCN. The number of hydrogen-bond donors (Lipinski definition) is 2. The molecule has 9 nitrogen and oxygen atoms in total. The molecule has 0 fully saturated rings. The molecule has 37 heavy (non-hydrogen) atoms. The van der Waals surface area contributed by atoms with Gasteiger partial charge in [-0.1, -0.05) is 51.4 Å². The van der Waals surface area contributed by atoms with Gasteiger partial charge in [0.25, 0.3) is 0 Å². The van der Waals surface area contributed by atoms with Crippen LogP contribution in [0.3, 0.4) is 0 Å². The molecule has 0 aromatic carbocycles. The number of ether oxygens (including phenoxy) is 5. The molecule has 0 radical (unpaired) electrons. The lowest BCUT2D eigenvalue weighted by molar-refractivity contribution is -0.154. The van der Waals surface area contributed by atoms with Gasteiger partial charge >= 0.3 is 5.97 Å². The molecule has 0 aliphatic heterocycles. The third-order valence-corrected chi connectivity index (χ3v) is 5.40. The maximum Gasteiger partial charge on any atom is 0.306 e. The van der Waals surface area contributed by atoms with Gasteiger partial charge in [-0.05, 0) is 33.6 Å². The minimum atomic E-state index is -0.385. The van der Waals surface area contributed by atoms with E-state index in [9.17, 15) is 9.59 Å². The molecule has 0 bridgehead atoms. The molecule has 0 heterocycles. The standard InChI is InChI=1S/C28H56N2O7/c1-28(2,3)37-27(32)15-13-11-9-7-5-4-6-8-10-12-14-26(31)30-17-19-34-21-23-36-25-24-35-22-20-33-18-16-29/h4-25,29H2,1-3H3,(H,30,31). The Morgan fingerprint density at radius 3 is 1.46 bits per heavy atom. The lowest BCUT2D eigenvalue weighted by Crippen LogP contribution is -2.27. The molecule has 3 N–H and O–H groups in total. The van der Waals surface area contributed by atoms with Crippen molar-refractivity contribution in [3.05, 3.63) is 0 Å². The van der Waals surface area contributed by atoms with Gasteiger partial charge in [0.05, 0.1) is 52.9 Å². The fourth-order valence-corrected chi connectivity index (χ4v) is 3.56. The molecular weight excluding hydrogens is 476 g/mol. The zero-order valence-electron chi connectivity index (χ0n) is 24.0. The van der Waals surface area contributed by atoms with E-state index >= 15 is 0 Å². The number of amides is 1. The third kappa shape index (κ3) is 30.9. The van der Waals surface area contributed by atoms with Crippen LogP contribution in [0.4, 0.5) is 0 Å². The first-order chi connectivity index (χ1) is 17.8. The van der Waals surface area contributed by atoms with Gasteiger partial charge in [-0.25, -0.2) is 0 Å². The van der Waals surface area contributed by atoms with E-state index in [0.29, 0.717) is 78.8 Å². The summed E-state index contributed by atoms with van der Waals surface area (Å²) in [6.45, 7) is 11.0. The quantitative estimate of drug-likeness (QED) is 0.120. The Balaban J connectivity index is 3.23. The summed E-state index contributed by atoms with van der Waals surface area (Å²) in [5.41, 5.74) is 4.94. The van der Waals surface area contributed by atoms with E-state index in [0.717, 1.165) is 25.7 Å². The number of nitrogens with one attached hydrogen (secondary N) is 1. The van der Waals surface area contributed by atoms with Crippen molar-refractivity contribution in [3.8, 4) is 0 Å². The van der Waals surface area contributed by atoms with Crippen LogP contribution in [0.25, 0.3) is 0 Å². The van der Waals surface area contributed by atoms with Gasteiger partial charge in [0.2, 0.25) is 5.91 Å². The second-order valence-electron chi connectivity index (χ2n) is 10.2. The van der Waals surface area contributed by atoms with Crippen LogP contribution < -0.4 is 11.1 Å². The highest BCUT2D eigenvalue weighted by molar-refractivity contribution is 5.75. The first-order valence-electron chi connectivity index (χ1n) is 14.3. The molecule has 220 valence electrons. The minimum absolute atomic E-state index is 0.0879. The average Bonchev–Trinajstić information content (AvgIpc) is 2.83. The highest BCUT2D eigenvalue weighted by Gasteiger charge is 2.15. The molecule has 0 unspecified atom stereocenters. The van der Waals surface area contributed by atoms with E-state index in [-0.39, 0.29) is 17.5 Å².